The highest BCUT2D eigenvalue weighted by Crippen LogP contribution is 2.34. The maximum absolute atomic E-state index is 14.8. The molecule has 1 unspecified atom stereocenters. The number of anilines is 2. The highest BCUT2D eigenvalue weighted by molar-refractivity contribution is 6.25. The van der Waals surface area contributed by atoms with Crippen molar-refractivity contribution in [3.05, 3.63) is 83.8 Å². The van der Waals surface area contributed by atoms with Crippen LogP contribution in [0.15, 0.2) is 66.9 Å². The topological polar surface area (TPSA) is 229 Å². The lowest BCUT2D eigenvalue weighted by Gasteiger charge is -2.36. The van der Waals surface area contributed by atoms with Crippen LogP contribution in [0.4, 0.5) is 15.8 Å². The van der Waals surface area contributed by atoms with Crippen LogP contribution in [0.2, 0.25) is 0 Å². The number of H-pyrrole nitrogens is 1. The molecule has 8 rings (SSSR count). The highest BCUT2D eigenvalue weighted by atomic mass is 19.1. The van der Waals surface area contributed by atoms with Crippen molar-refractivity contribution >= 4 is 51.9 Å². The molecule has 5 heterocycles. The molecule has 0 radical (unpaired) electrons. The normalized spacial score (nSPS) is 16.1. The fourth-order valence-corrected chi connectivity index (χ4v) is 8.29. The van der Waals surface area contributed by atoms with E-state index in [9.17, 15) is 28.4 Å². The number of methoxy groups -OCH3 is 1. The number of hydrogen-bond donors (Lipinski definition) is 3. The third kappa shape index (κ3) is 11.7. The lowest BCUT2D eigenvalue weighted by atomic mass is 10.0. The van der Waals surface area contributed by atoms with Crippen LogP contribution in [0.1, 0.15) is 40.0 Å². The van der Waals surface area contributed by atoms with E-state index in [1.807, 2.05) is 29.2 Å². The molecule has 21 heteroatoms. The fraction of sp³-hybridized carbons (Fsp3) is 0.417. The first-order valence-corrected chi connectivity index (χ1v) is 22.9. The second-order valence-corrected chi connectivity index (χ2v) is 16.2. The van der Waals surface area contributed by atoms with Gasteiger partial charge in [-0.2, -0.15) is 5.10 Å². The van der Waals surface area contributed by atoms with Crippen LogP contribution in [-0.2, 0) is 38.1 Å². The van der Waals surface area contributed by atoms with Gasteiger partial charge in [-0.1, -0.05) is 24.3 Å². The van der Waals surface area contributed by atoms with Crippen molar-refractivity contribution in [2.24, 2.45) is 0 Å². The number of aromatic nitrogens is 4. The molecule has 0 aliphatic carbocycles. The smallest absolute Gasteiger partial charge is 0.264 e. The second-order valence-electron chi connectivity index (χ2n) is 16.2. The van der Waals surface area contributed by atoms with Gasteiger partial charge in [-0.25, -0.2) is 14.4 Å². The van der Waals surface area contributed by atoms with E-state index < -0.39 is 35.5 Å². The van der Waals surface area contributed by atoms with E-state index in [4.69, 9.17) is 28.4 Å². The van der Waals surface area contributed by atoms with Crippen LogP contribution in [0.3, 0.4) is 0 Å². The van der Waals surface area contributed by atoms with Gasteiger partial charge in [0, 0.05) is 56.1 Å². The molecular weight excluding hydrogens is 898 g/mol. The summed E-state index contributed by atoms with van der Waals surface area (Å²) in [6, 6.07) is 16.4. The van der Waals surface area contributed by atoms with Gasteiger partial charge >= 0.3 is 0 Å². The Morgan fingerprint density at radius 2 is 1.45 bits per heavy atom. The summed E-state index contributed by atoms with van der Waals surface area (Å²) in [6.07, 6.45) is 2.03. The van der Waals surface area contributed by atoms with Crippen LogP contribution >= 0.6 is 0 Å². The van der Waals surface area contributed by atoms with Crippen molar-refractivity contribution in [1.29, 1.82) is 0 Å². The van der Waals surface area contributed by atoms with Crippen molar-refractivity contribution < 1.29 is 56.8 Å². The van der Waals surface area contributed by atoms with Gasteiger partial charge in [-0.05, 0) is 42.8 Å². The van der Waals surface area contributed by atoms with Gasteiger partial charge < -0.3 is 43.5 Å². The number of nitrogens with zero attached hydrogens (tertiary/aromatic N) is 6. The molecule has 3 aromatic carbocycles. The number of piperidine rings is 1. The SMILES string of the molecule is COc1cccc(F)c1-c1ncc2[nH]nc(-c3ccc(N4CCN(C(=O)CCOCCOCCOCCOCCOCCNc5cccc6c5C(=O)N(C5CCC(=O)NC5=O)C6=O)CC4)cc3)c2n1. The molecule has 3 N–H and O–H groups in total. The first-order chi connectivity index (χ1) is 33.7. The zero-order chi connectivity index (χ0) is 48.1. The Balaban J connectivity index is 0.623. The van der Waals surface area contributed by atoms with Crippen LogP contribution in [0.5, 0.6) is 5.75 Å². The third-order valence-electron chi connectivity index (χ3n) is 11.8. The van der Waals surface area contributed by atoms with Gasteiger partial charge in [-0.3, -0.25) is 39.3 Å². The largest absolute Gasteiger partial charge is 0.496 e. The molecule has 1 atom stereocenters. The summed E-state index contributed by atoms with van der Waals surface area (Å²) >= 11 is 0. The maximum atomic E-state index is 14.8. The maximum Gasteiger partial charge on any atom is 0.264 e. The third-order valence-corrected chi connectivity index (χ3v) is 11.8. The van der Waals surface area contributed by atoms with E-state index in [-0.39, 0.29) is 41.3 Å². The minimum absolute atomic E-state index is 0.0527. The van der Waals surface area contributed by atoms with Gasteiger partial charge in [0.15, 0.2) is 5.82 Å². The summed E-state index contributed by atoms with van der Waals surface area (Å²) in [5.74, 6) is -2.09. The predicted molar refractivity (Wildman–Crippen MR) is 248 cm³/mol. The molecule has 5 amide bonds. The molecule has 5 aromatic rings. The average Bonchev–Trinajstić information content (AvgIpc) is 3.90. The molecular formula is C48H54FN9O11. The van der Waals surface area contributed by atoms with Crippen molar-refractivity contribution in [2.45, 2.75) is 25.3 Å². The number of amides is 5. The quantitative estimate of drug-likeness (QED) is 0.0594. The number of nitrogens with one attached hydrogen (secondary N) is 3. The molecule has 3 aliphatic rings. The Morgan fingerprint density at radius 3 is 2.13 bits per heavy atom. The number of hydrogen-bond acceptors (Lipinski definition) is 16. The molecule has 69 heavy (non-hydrogen) atoms. The average molecular weight is 952 g/mol. The minimum Gasteiger partial charge on any atom is -0.496 e. The van der Waals surface area contributed by atoms with Gasteiger partial charge in [0.1, 0.15) is 34.3 Å². The van der Waals surface area contributed by atoms with E-state index in [2.05, 4.69) is 35.7 Å². The lowest BCUT2D eigenvalue weighted by molar-refractivity contribution is -0.136. The number of aromatic amines is 1. The first kappa shape index (κ1) is 48.5. The number of carbonyl (C=O) groups excluding carboxylic acids is 5. The molecule has 0 saturated carbocycles. The van der Waals surface area contributed by atoms with E-state index in [1.165, 1.54) is 13.2 Å². The molecule has 20 nitrogen and oxygen atoms in total. The summed E-state index contributed by atoms with van der Waals surface area (Å²) in [7, 11) is 1.48. The van der Waals surface area contributed by atoms with Gasteiger partial charge in [0.05, 0.1) is 102 Å². The molecule has 3 aliphatic heterocycles. The first-order valence-electron chi connectivity index (χ1n) is 22.9. The monoisotopic (exact) mass is 951 g/mol. The molecule has 2 fully saturated rings. The van der Waals surface area contributed by atoms with Crippen molar-refractivity contribution in [2.75, 3.05) is 116 Å². The number of fused-ring (bicyclic) bond motifs is 2. The van der Waals surface area contributed by atoms with Crippen molar-refractivity contribution in [1.82, 2.24) is 35.3 Å². The summed E-state index contributed by atoms with van der Waals surface area (Å²) in [6.45, 7) is 6.64. The van der Waals surface area contributed by atoms with Crippen molar-refractivity contribution in [3.8, 4) is 28.4 Å². The predicted octanol–water partition coefficient (Wildman–Crippen LogP) is 3.47. The molecule has 0 spiro atoms. The number of rotatable bonds is 24. The summed E-state index contributed by atoms with van der Waals surface area (Å²) in [4.78, 5) is 77.1. The molecule has 0 bridgehead atoms. The number of ether oxygens (including phenoxy) is 6. The van der Waals surface area contributed by atoms with E-state index in [0.29, 0.717) is 133 Å². The standard InChI is InChI=1S/C48H54FN9O11/c1-64-38-7-3-5-34(49)42(38)45-51-30-36-44(53-45)43(55-54-36)31-8-10-32(11-9-31)56-16-18-57(19-17-56)40(60)14-20-65-22-24-67-26-28-69-29-27-68-25-23-66-21-15-50-35-6-2-4-33-41(35)48(63)58(47(33)62)37-12-13-39(59)52-46(37)61/h2-11,30,37,50H,12-29H2,1H3,(H,54,55)(H,52,59,61). The van der Waals surface area contributed by atoms with Gasteiger partial charge in [-0.15, -0.1) is 0 Å². The minimum atomic E-state index is -1.02. The van der Waals surface area contributed by atoms with Gasteiger partial charge in [0.2, 0.25) is 17.7 Å². The summed E-state index contributed by atoms with van der Waals surface area (Å²) in [5.41, 5.74) is 4.75. The number of imide groups is 2. The van der Waals surface area contributed by atoms with Crippen LogP contribution in [0.25, 0.3) is 33.7 Å². The van der Waals surface area contributed by atoms with Crippen LogP contribution in [0, 0.1) is 5.82 Å². The molecule has 364 valence electrons. The van der Waals surface area contributed by atoms with Crippen molar-refractivity contribution in [3.63, 3.8) is 0 Å². The van der Waals surface area contributed by atoms with Crippen LogP contribution in [-0.4, -0.2) is 171 Å². The number of halogens is 1. The summed E-state index contributed by atoms with van der Waals surface area (Å²) < 4.78 is 48.1. The van der Waals surface area contributed by atoms with E-state index in [1.54, 1.807) is 36.5 Å². The van der Waals surface area contributed by atoms with Crippen LogP contribution < -0.4 is 20.3 Å². The lowest BCUT2D eigenvalue weighted by Crippen LogP contribution is -2.54. The zero-order valence-corrected chi connectivity index (χ0v) is 38.2. The Kier molecular flexibility index (Phi) is 16.5. The summed E-state index contributed by atoms with van der Waals surface area (Å²) in [5, 5.41) is 12.8. The zero-order valence-electron chi connectivity index (χ0n) is 38.2. The van der Waals surface area contributed by atoms with Gasteiger partial charge in [0.25, 0.3) is 11.8 Å². The second kappa shape index (κ2) is 23.4. The highest BCUT2D eigenvalue weighted by Gasteiger charge is 2.45. The fourth-order valence-electron chi connectivity index (χ4n) is 8.29. The van der Waals surface area contributed by atoms with E-state index >= 15 is 0 Å². The van der Waals surface area contributed by atoms with E-state index in [0.717, 1.165) is 16.2 Å². The molecule has 2 saturated heterocycles. The Hall–Kier alpha value is -6.91. The number of piperazine rings is 1. The molecule has 2 aromatic heterocycles. The Labute approximate surface area is 396 Å². The Bertz CT molecular complexity index is 2620. The number of carbonyl (C=O) groups is 5. The number of benzene rings is 3. The Morgan fingerprint density at radius 1 is 0.783 bits per heavy atom.